The highest BCUT2D eigenvalue weighted by Gasteiger charge is 2.21. The Kier molecular flexibility index (Phi) is 6.67. The molecule has 0 bridgehead atoms. The summed E-state index contributed by atoms with van der Waals surface area (Å²) in [5, 5.41) is 5.73. The van der Waals surface area contributed by atoms with Gasteiger partial charge in [-0.1, -0.05) is 6.92 Å². The number of rotatable bonds is 6. The second-order valence-corrected chi connectivity index (χ2v) is 4.54. The number of carbonyl (C=O) groups is 2. The first-order valence-electron chi connectivity index (χ1n) is 6.58. The summed E-state index contributed by atoms with van der Waals surface area (Å²) in [5.41, 5.74) is 0. The molecule has 0 aromatic heterocycles. The average Bonchev–Trinajstić information content (AvgIpc) is 2.37. The molecule has 0 atom stereocenters. The van der Waals surface area contributed by atoms with Crippen molar-refractivity contribution in [3.63, 3.8) is 0 Å². The monoisotopic (exact) mass is 256 g/mol. The number of hydrogen-bond acceptors (Lipinski definition) is 4. The van der Waals surface area contributed by atoms with E-state index in [1.807, 2.05) is 11.8 Å². The fourth-order valence-corrected chi connectivity index (χ4v) is 1.94. The van der Waals surface area contributed by atoms with Crippen molar-refractivity contribution < 1.29 is 9.59 Å². The molecule has 0 aromatic rings. The SMILES string of the molecule is CCCNC(=O)CN1CCN(C(=O)CNC)CC1. The van der Waals surface area contributed by atoms with E-state index in [1.165, 1.54) is 0 Å². The van der Waals surface area contributed by atoms with E-state index in [-0.39, 0.29) is 11.8 Å². The number of amides is 2. The molecule has 0 aromatic carbocycles. The van der Waals surface area contributed by atoms with Gasteiger partial charge in [-0.3, -0.25) is 14.5 Å². The molecular weight excluding hydrogens is 232 g/mol. The maximum absolute atomic E-state index is 11.6. The maximum atomic E-state index is 11.6. The normalized spacial score (nSPS) is 16.7. The molecule has 6 heteroatoms. The van der Waals surface area contributed by atoms with Crippen LogP contribution in [0.5, 0.6) is 0 Å². The van der Waals surface area contributed by atoms with Crippen LogP contribution in [0.2, 0.25) is 0 Å². The average molecular weight is 256 g/mol. The first-order valence-corrected chi connectivity index (χ1v) is 6.58. The lowest BCUT2D eigenvalue weighted by atomic mass is 10.3. The highest BCUT2D eigenvalue weighted by molar-refractivity contribution is 5.79. The number of carbonyl (C=O) groups excluding carboxylic acids is 2. The van der Waals surface area contributed by atoms with Gasteiger partial charge in [0.15, 0.2) is 0 Å². The fourth-order valence-electron chi connectivity index (χ4n) is 1.94. The Morgan fingerprint density at radius 3 is 2.39 bits per heavy atom. The van der Waals surface area contributed by atoms with Gasteiger partial charge in [-0.2, -0.15) is 0 Å². The topological polar surface area (TPSA) is 64.7 Å². The van der Waals surface area contributed by atoms with Crippen molar-refractivity contribution in [2.24, 2.45) is 0 Å². The zero-order valence-electron chi connectivity index (χ0n) is 11.4. The molecular formula is C12H24N4O2. The second kappa shape index (κ2) is 8.05. The zero-order valence-corrected chi connectivity index (χ0v) is 11.4. The lowest BCUT2D eigenvalue weighted by molar-refractivity contribution is -0.132. The summed E-state index contributed by atoms with van der Waals surface area (Å²) in [6, 6.07) is 0. The van der Waals surface area contributed by atoms with Gasteiger partial charge in [0.25, 0.3) is 0 Å². The van der Waals surface area contributed by atoms with Crippen LogP contribution in [0.3, 0.4) is 0 Å². The molecule has 2 N–H and O–H groups in total. The molecule has 6 nitrogen and oxygen atoms in total. The van der Waals surface area contributed by atoms with Crippen molar-refractivity contribution in [2.75, 3.05) is 52.9 Å². The quantitative estimate of drug-likeness (QED) is 0.631. The third-order valence-electron chi connectivity index (χ3n) is 2.99. The Labute approximate surface area is 109 Å². The lowest BCUT2D eigenvalue weighted by Gasteiger charge is -2.34. The van der Waals surface area contributed by atoms with E-state index in [0.29, 0.717) is 26.2 Å². The van der Waals surface area contributed by atoms with Crippen LogP contribution in [0.1, 0.15) is 13.3 Å². The smallest absolute Gasteiger partial charge is 0.236 e. The van der Waals surface area contributed by atoms with E-state index < -0.39 is 0 Å². The fraction of sp³-hybridized carbons (Fsp3) is 0.833. The van der Waals surface area contributed by atoms with E-state index in [2.05, 4.69) is 15.5 Å². The molecule has 0 radical (unpaired) electrons. The Bertz CT molecular complexity index is 275. The minimum Gasteiger partial charge on any atom is -0.355 e. The molecule has 0 spiro atoms. The summed E-state index contributed by atoms with van der Waals surface area (Å²) in [4.78, 5) is 27.1. The minimum absolute atomic E-state index is 0.0758. The summed E-state index contributed by atoms with van der Waals surface area (Å²) < 4.78 is 0. The molecule has 1 fully saturated rings. The molecule has 104 valence electrons. The van der Waals surface area contributed by atoms with Gasteiger partial charge in [0.1, 0.15) is 0 Å². The number of piperazine rings is 1. The Hall–Kier alpha value is -1.14. The van der Waals surface area contributed by atoms with E-state index in [0.717, 1.165) is 26.1 Å². The standard InChI is InChI=1S/C12H24N4O2/c1-3-4-14-11(17)10-15-5-7-16(8-6-15)12(18)9-13-2/h13H,3-10H2,1-2H3,(H,14,17). The van der Waals surface area contributed by atoms with Gasteiger partial charge in [-0.15, -0.1) is 0 Å². The lowest BCUT2D eigenvalue weighted by Crippen LogP contribution is -2.52. The van der Waals surface area contributed by atoms with Crippen LogP contribution < -0.4 is 10.6 Å². The summed E-state index contributed by atoms with van der Waals surface area (Å²) in [6.07, 6.45) is 0.956. The van der Waals surface area contributed by atoms with Crippen LogP contribution in [0.4, 0.5) is 0 Å². The van der Waals surface area contributed by atoms with Gasteiger partial charge in [-0.25, -0.2) is 0 Å². The maximum Gasteiger partial charge on any atom is 0.236 e. The van der Waals surface area contributed by atoms with Crippen LogP contribution in [-0.4, -0.2) is 74.5 Å². The van der Waals surface area contributed by atoms with Gasteiger partial charge >= 0.3 is 0 Å². The summed E-state index contributed by atoms with van der Waals surface area (Å²) >= 11 is 0. The van der Waals surface area contributed by atoms with Crippen LogP contribution in [0, 0.1) is 0 Å². The number of likely N-dealkylation sites (N-methyl/N-ethyl adjacent to an activating group) is 1. The van der Waals surface area contributed by atoms with Crippen molar-refractivity contribution in [3.05, 3.63) is 0 Å². The third-order valence-corrected chi connectivity index (χ3v) is 2.99. The molecule has 1 aliphatic rings. The van der Waals surface area contributed by atoms with Crippen molar-refractivity contribution >= 4 is 11.8 Å². The predicted octanol–water partition coefficient (Wildman–Crippen LogP) is -1.12. The predicted molar refractivity (Wildman–Crippen MR) is 70.2 cm³/mol. The summed E-state index contributed by atoms with van der Waals surface area (Å²) in [7, 11) is 1.77. The molecule has 1 saturated heterocycles. The second-order valence-electron chi connectivity index (χ2n) is 4.54. The van der Waals surface area contributed by atoms with Crippen LogP contribution in [0.25, 0.3) is 0 Å². The molecule has 1 aliphatic heterocycles. The largest absolute Gasteiger partial charge is 0.355 e. The number of nitrogens with one attached hydrogen (secondary N) is 2. The van der Waals surface area contributed by atoms with Gasteiger partial charge in [0.05, 0.1) is 13.1 Å². The first kappa shape index (κ1) is 14.9. The van der Waals surface area contributed by atoms with Crippen LogP contribution in [-0.2, 0) is 9.59 Å². The Morgan fingerprint density at radius 1 is 1.17 bits per heavy atom. The molecule has 0 saturated carbocycles. The number of nitrogens with zero attached hydrogens (tertiary/aromatic N) is 2. The van der Waals surface area contributed by atoms with E-state index >= 15 is 0 Å². The van der Waals surface area contributed by atoms with E-state index in [4.69, 9.17) is 0 Å². The van der Waals surface area contributed by atoms with Gasteiger partial charge < -0.3 is 15.5 Å². The van der Waals surface area contributed by atoms with E-state index in [1.54, 1.807) is 7.05 Å². The van der Waals surface area contributed by atoms with Crippen LogP contribution >= 0.6 is 0 Å². The highest BCUT2D eigenvalue weighted by atomic mass is 16.2. The Balaban J connectivity index is 2.22. The molecule has 18 heavy (non-hydrogen) atoms. The molecule has 0 unspecified atom stereocenters. The Morgan fingerprint density at radius 2 is 1.83 bits per heavy atom. The molecule has 1 rings (SSSR count). The summed E-state index contributed by atoms with van der Waals surface area (Å²) in [5.74, 6) is 0.208. The van der Waals surface area contributed by atoms with Crippen molar-refractivity contribution in [2.45, 2.75) is 13.3 Å². The molecule has 2 amide bonds. The van der Waals surface area contributed by atoms with Crippen LogP contribution in [0.15, 0.2) is 0 Å². The van der Waals surface area contributed by atoms with Crippen molar-refractivity contribution in [1.29, 1.82) is 0 Å². The third kappa shape index (κ3) is 5.01. The number of hydrogen-bond donors (Lipinski definition) is 2. The molecule has 1 heterocycles. The van der Waals surface area contributed by atoms with E-state index in [9.17, 15) is 9.59 Å². The zero-order chi connectivity index (χ0) is 13.4. The van der Waals surface area contributed by atoms with Crippen molar-refractivity contribution in [1.82, 2.24) is 20.4 Å². The summed E-state index contributed by atoms with van der Waals surface area (Å²) in [6.45, 7) is 6.56. The molecule has 0 aliphatic carbocycles. The highest BCUT2D eigenvalue weighted by Crippen LogP contribution is 2.01. The van der Waals surface area contributed by atoms with Gasteiger partial charge in [-0.05, 0) is 13.5 Å². The first-order chi connectivity index (χ1) is 8.67. The van der Waals surface area contributed by atoms with Gasteiger partial charge in [0.2, 0.25) is 11.8 Å². The van der Waals surface area contributed by atoms with Gasteiger partial charge in [0, 0.05) is 32.7 Å². The minimum atomic E-state index is 0.0758. The van der Waals surface area contributed by atoms with Crippen molar-refractivity contribution in [3.8, 4) is 0 Å².